The van der Waals surface area contributed by atoms with E-state index in [1.165, 1.54) is 38.5 Å². The van der Waals surface area contributed by atoms with E-state index in [-0.39, 0.29) is 0 Å². The second kappa shape index (κ2) is 15.0. The van der Waals surface area contributed by atoms with Crippen molar-refractivity contribution in [2.75, 3.05) is 0 Å². The maximum absolute atomic E-state index is 2.35. The standard InChI is InChI=1S/C25H42/c1-7-8-9-10-11-12-13-14-15-16-17-18-19-20-21-22-23(2)24(3)25(4,5)6/h7-8,11-12,15-16,19-20H,9-10,13-14,17-18,21-22H2,1-6H3. The van der Waals surface area contributed by atoms with Gasteiger partial charge in [-0.2, -0.15) is 0 Å². The van der Waals surface area contributed by atoms with Crippen molar-refractivity contribution in [3.8, 4) is 0 Å². The molecule has 0 saturated heterocycles. The Morgan fingerprint density at radius 3 is 1.32 bits per heavy atom. The van der Waals surface area contributed by atoms with Crippen LogP contribution in [0.2, 0.25) is 0 Å². The van der Waals surface area contributed by atoms with E-state index in [9.17, 15) is 0 Å². The molecule has 0 aromatic heterocycles. The van der Waals surface area contributed by atoms with Crippen LogP contribution < -0.4 is 0 Å². The van der Waals surface area contributed by atoms with Crippen LogP contribution in [0.15, 0.2) is 59.8 Å². The molecule has 0 heteroatoms. The second-order valence-corrected chi connectivity index (χ2v) is 7.91. The molecule has 0 aliphatic rings. The Kier molecular flexibility index (Phi) is 14.2. The van der Waals surface area contributed by atoms with Gasteiger partial charge in [0.2, 0.25) is 0 Å². The molecule has 0 spiro atoms. The Bertz CT molecular complexity index is 461. The monoisotopic (exact) mass is 342 g/mol. The summed E-state index contributed by atoms with van der Waals surface area (Å²) in [5.41, 5.74) is 3.40. The summed E-state index contributed by atoms with van der Waals surface area (Å²) in [7, 11) is 0. The summed E-state index contributed by atoms with van der Waals surface area (Å²) < 4.78 is 0. The predicted molar refractivity (Wildman–Crippen MR) is 117 cm³/mol. The third-order valence-corrected chi connectivity index (χ3v) is 4.69. The summed E-state index contributed by atoms with van der Waals surface area (Å²) in [6, 6.07) is 0. The van der Waals surface area contributed by atoms with E-state index in [2.05, 4.69) is 90.2 Å². The summed E-state index contributed by atoms with van der Waals surface area (Å²) in [6.07, 6.45) is 27.6. The Morgan fingerprint density at radius 1 is 0.600 bits per heavy atom. The van der Waals surface area contributed by atoms with Crippen molar-refractivity contribution < 1.29 is 0 Å². The highest BCUT2D eigenvalue weighted by Gasteiger charge is 2.14. The van der Waals surface area contributed by atoms with Crippen LogP contribution in [0.25, 0.3) is 0 Å². The third-order valence-electron chi connectivity index (χ3n) is 4.69. The van der Waals surface area contributed by atoms with Crippen molar-refractivity contribution in [1.29, 1.82) is 0 Å². The quantitative estimate of drug-likeness (QED) is 0.245. The molecule has 0 saturated carbocycles. The zero-order valence-electron chi connectivity index (χ0n) is 17.8. The summed E-state index contributed by atoms with van der Waals surface area (Å²) >= 11 is 0. The first-order chi connectivity index (χ1) is 11.9. The fourth-order valence-electron chi connectivity index (χ4n) is 2.58. The SMILES string of the molecule is CC=CCCC=CCCC=CCCC=CCCC(C)=C(C)C(C)(C)C. The molecule has 142 valence electrons. The second-order valence-electron chi connectivity index (χ2n) is 7.91. The average Bonchev–Trinajstić information content (AvgIpc) is 2.56. The lowest BCUT2D eigenvalue weighted by atomic mass is 9.84. The van der Waals surface area contributed by atoms with E-state index in [0.29, 0.717) is 5.41 Å². The fraction of sp³-hybridized carbons (Fsp3) is 0.600. The molecule has 25 heavy (non-hydrogen) atoms. The minimum Gasteiger partial charge on any atom is -0.0917 e. The highest BCUT2D eigenvalue weighted by Crippen LogP contribution is 2.28. The van der Waals surface area contributed by atoms with E-state index in [0.717, 1.165) is 12.8 Å². The molecule has 0 amide bonds. The van der Waals surface area contributed by atoms with Gasteiger partial charge >= 0.3 is 0 Å². The topological polar surface area (TPSA) is 0 Å². The van der Waals surface area contributed by atoms with Crippen molar-refractivity contribution in [3.63, 3.8) is 0 Å². The van der Waals surface area contributed by atoms with Crippen molar-refractivity contribution in [1.82, 2.24) is 0 Å². The molecule has 0 bridgehead atoms. The predicted octanol–water partition coefficient (Wildman–Crippen LogP) is 8.73. The number of hydrogen-bond acceptors (Lipinski definition) is 0. The summed E-state index contributed by atoms with van der Waals surface area (Å²) in [5, 5.41) is 0. The fourth-order valence-corrected chi connectivity index (χ4v) is 2.58. The van der Waals surface area contributed by atoms with Crippen molar-refractivity contribution >= 4 is 0 Å². The van der Waals surface area contributed by atoms with Gasteiger partial charge < -0.3 is 0 Å². The van der Waals surface area contributed by atoms with Crippen LogP contribution in [-0.4, -0.2) is 0 Å². The van der Waals surface area contributed by atoms with Crippen LogP contribution in [0.5, 0.6) is 0 Å². The highest BCUT2D eigenvalue weighted by atomic mass is 14.2. The molecule has 0 aromatic carbocycles. The van der Waals surface area contributed by atoms with Gasteiger partial charge in [-0.05, 0) is 77.6 Å². The normalized spacial score (nSPS) is 14.5. The number of rotatable bonds is 12. The summed E-state index contributed by atoms with van der Waals surface area (Å²) in [6.45, 7) is 13.5. The van der Waals surface area contributed by atoms with Crippen LogP contribution in [0.1, 0.15) is 92.9 Å². The molecule has 0 heterocycles. The van der Waals surface area contributed by atoms with Crippen LogP contribution in [0.3, 0.4) is 0 Å². The van der Waals surface area contributed by atoms with Gasteiger partial charge in [0.05, 0.1) is 0 Å². The molecule has 0 unspecified atom stereocenters. The number of hydrogen-bond donors (Lipinski definition) is 0. The van der Waals surface area contributed by atoms with E-state index in [1.807, 2.05) is 0 Å². The molecule has 0 radical (unpaired) electrons. The van der Waals surface area contributed by atoms with Crippen LogP contribution in [-0.2, 0) is 0 Å². The van der Waals surface area contributed by atoms with Gasteiger partial charge in [0.1, 0.15) is 0 Å². The smallest absolute Gasteiger partial charge is 0.0173 e. The van der Waals surface area contributed by atoms with Crippen molar-refractivity contribution in [2.24, 2.45) is 5.41 Å². The van der Waals surface area contributed by atoms with Gasteiger partial charge in [0, 0.05) is 0 Å². The first kappa shape index (κ1) is 23.7. The zero-order chi connectivity index (χ0) is 19.0. The van der Waals surface area contributed by atoms with E-state index >= 15 is 0 Å². The lowest BCUT2D eigenvalue weighted by Gasteiger charge is -2.22. The van der Waals surface area contributed by atoms with Crippen LogP contribution in [0.4, 0.5) is 0 Å². The number of allylic oxidation sites excluding steroid dienone is 10. The molecule has 0 aliphatic carbocycles. The molecule has 0 aromatic rings. The molecular weight excluding hydrogens is 300 g/mol. The molecule has 0 aliphatic heterocycles. The maximum Gasteiger partial charge on any atom is -0.0173 e. The van der Waals surface area contributed by atoms with Crippen LogP contribution >= 0.6 is 0 Å². The minimum absolute atomic E-state index is 0.306. The van der Waals surface area contributed by atoms with Gasteiger partial charge in [-0.25, -0.2) is 0 Å². The third kappa shape index (κ3) is 14.7. The van der Waals surface area contributed by atoms with Gasteiger partial charge in [-0.15, -0.1) is 0 Å². The zero-order valence-corrected chi connectivity index (χ0v) is 17.8. The maximum atomic E-state index is 2.35. The first-order valence-electron chi connectivity index (χ1n) is 10.1. The number of unbranched alkanes of at least 4 members (excludes halogenated alkanes) is 3. The largest absolute Gasteiger partial charge is 0.0917 e. The summed E-state index contributed by atoms with van der Waals surface area (Å²) in [5.74, 6) is 0. The Morgan fingerprint density at radius 2 is 0.960 bits per heavy atom. The minimum atomic E-state index is 0.306. The molecular formula is C25H42. The molecule has 0 rings (SSSR count). The first-order valence-corrected chi connectivity index (χ1v) is 10.1. The summed E-state index contributed by atoms with van der Waals surface area (Å²) in [4.78, 5) is 0. The molecule has 0 N–H and O–H groups in total. The van der Waals surface area contributed by atoms with Crippen molar-refractivity contribution in [3.05, 3.63) is 59.8 Å². The van der Waals surface area contributed by atoms with Crippen LogP contribution in [0, 0.1) is 5.41 Å². The molecule has 0 nitrogen and oxygen atoms in total. The Balaban J connectivity index is 3.70. The van der Waals surface area contributed by atoms with Gasteiger partial charge in [0.25, 0.3) is 0 Å². The molecule has 0 fully saturated rings. The lowest BCUT2D eigenvalue weighted by molar-refractivity contribution is 0.495. The van der Waals surface area contributed by atoms with Gasteiger partial charge in [-0.3, -0.25) is 0 Å². The van der Waals surface area contributed by atoms with E-state index in [4.69, 9.17) is 0 Å². The average molecular weight is 343 g/mol. The van der Waals surface area contributed by atoms with E-state index < -0.39 is 0 Å². The Labute approximate surface area is 158 Å². The Hall–Kier alpha value is -1.30. The van der Waals surface area contributed by atoms with Gasteiger partial charge in [0.15, 0.2) is 0 Å². The molecule has 0 atom stereocenters. The van der Waals surface area contributed by atoms with E-state index in [1.54, 1.807) is 11.1 Å². The van der Waals surface area contributed by atoms with Gasteiger partial charge in [-0.1, -0.05) is 80.5 Å². The van der Waals surface area contributed by atoms with Crippen molar-refractivity contribution in [2.45, 2.75) is 92.9 Å². The lowest BCUT2D eigenvalue weighted by Crippen LogP contribution is -2.08. The highest BCUT2D eigenvalue weighted by molar-refractivity contribution is 5.16.